The van der Waals surface area contributed by atoms with Crippen LogP contribution in [0.25, 0.3) is 6.08 Å². The summed E-state index contributed by atoms with van der Waals surface area (Å²) in [7, 11) is 1.35. The second-order valence-corrected chi connectivity index (χ2v) is 8.42. The number of ether oxygens (including phenoxy) is 2. The SMILES string of the molecule is COc1cc(/C=C2\SC(=NCCn3ccnc3)NC2=O)ccc1Oc1ccc(C#N)cc1C(F)(F)F. The molecule has 4 rings (SSSR count). The molecule has 0 spiro atoms. The summed E-state index contributed by atoms with van der Waals surface area (Å²) < 4.78 is 53.1. The van der Waals surface area contributed by atoms with Crippen LogP contribution in [0.1, 0.15) is 16.7 Å². The van der Waals surface area contributed by atoms with Gasteiger partial charge in [-0.1, -0.05) is 6.07 Å². The molecule has 0 saturated carbocycles. The Kier molecular flexibility index (Phi) is 7.30. The summed E-state index contributed by atoms with van der Waals surface area (Å²) in [5, 5.41) is 12.1. The van der Waals surface area contributed by atoms with Gasteiger partial charge in [0.15, 0.2) is 16.7 Å². The van der Waals surface area contributed by atoms with Crippen molar-refractivity contribution in [2.24, 2.45) is 4.99 Å². The lowest BCUT2D eigenvalue weighted by atomic mass is 10.1. The van der Waals surface area contributed by atoms with Gasteiger partial charge in [0, 0.05) is 18.9 Å². The molecule has 8 nitrogen and oxygen atoms in total. The number of nitrogens with zero attached hydrogens (tertiary/aromatic N) is 4. The van der Waals surface area contributed by atoms with Crippen molar-refractivity contribution in [1.82, 2.24) is 14.9 Å². The molecule has 1 aliphatic rings. The highest BCUT2D eigenvalue weighted by Gasteiger charge is 2.35. The van der Waals surface area contributed by atoms with Gasteiger partial charge in [0.25, 0.3) is 5.91 Å². The van der Waals surface area contributed by atoms with Crippen molar-refractivity contribution in [1.29, 1.82) is 5.26 Å². The van der Waals surface area contributed by atoms with E-state index >= 15 is 0 Å². The van der Waals surface area contributed by atoms with Gasteiger partial charge in [0.2, 0.25) is 0 Å². The number of carbonyl (C=O) groups is 1. The van der Waals surface area contributed by atoms with Gasteiger partial charge in [0.1, 0.15) is 5.75 Å². The molecule has 1 fully saturated rings. The molecule has 12 heteroatoms. The number of methoxy groups -OCH3 is 1. The largest absolute Gasteiger partial charge is 0.493 e. The van der Waals surface area contributed by atoms with Crippen molar-refractivity contribution in [2.45, 2.75) is 12.7 Å². The van der Waals surface area contributed by atoms with E-state index in [-0.39, 0.29) is 23.0 Å². The molecule has 1 aromatic heterocycles. The average Bonchev–Trinajstić information content (AvgIpc) is 3.49. The number of amides is 1. The second kappa shape index (κ2) is 10.6. The number of carbonyl (C=O) groups excluding carboxylic acids is 1. The molecule has 0 atom stereocenters. The lowest BCUT2D eigenvalue weighted by Crippen LogP contribution is -2.20. The van der Waals surface area contributed by atoms with Crippen LogP contribution in [-0.2, 0) is 17.5 Å². The van der Waals surface area contributed by atoms with E-state index in [1.807, 2.05) is 10.8 Å². The van der Waals surface area contributed by atoms with E-state index in [1.165, 1.54) is 31.0 Å². The van der Waals surface area contributed by atoms with E-state index in [2.05, 4.69) is 15.3 Å². The summed E-state index contributed by atoms with van der Waals surface area (Å²) >= 11 is 1.18. The summed E-state index contributed by atoms with van der Waals surface area (Å²) in [6.07, 6.45) is 2.07. The Bertz CT molecular complexity index is 1380. The number of alkyl halides is 3. The summed E-state index contributed by atoms with van der Waals surface area (Å²) in [5.41, 5.74) is -0.637. The molecular weight excluding hydrogens is 495 g/mol. The van der Waals surface area contributed by atoms with Crippen molar-refractivity contribution in [2.75, 3.05) is 13.7 Å². The van der Waals surface area contributed by atoms with Crippen LogP contribution in [0.4, 0.5) is 13.2 Å². The minimum Gasteiger partial charge on any atom is -0.493 e. The molecule has 1 aliphatic heterocycles. The Labute approximate surface area is 208 Å². The van der Waals surface area contributed by atoms with E-state index in [9.17, 15) is 18.0 Å². The number of benzene rings is 2. The van der Waals surface area contributed by atoms with E-state index in [1.54, 1.807) is 36.8 Å². The highest BCUT2D eigenvalue weighted by Crippen LogP contribution is 2.41. The fourth-order valence-electron chi connectivity index (χ4n) is 3.23. The van der Waals surface area contributed by atoms with Gasteiger partial charge >= 0.3 is 6.18 Å². The monoisotopic (exact) mass is 513 g/mol. The number of thioether (sulfide) groups is 1. The number of rotatable bonds is 7. The van der Waals surface area contributed by atoms with Crippen LogP contribution in [0, 0.1) is 11.3 Å². The molecular formula is C24H18F3N5O3S. The lowest BCUT2D eigenvalue weighted by Gasteiger charge is -2.16. The predicted octanol–water partition coefficient (Wildman–Crippen LogP) is 4.83. The Balaban J connectivity index is 1.51. The lowest BCUT2D eigenvalue weighted by molar-refractivity contribution is -0.138. The van der Waals surface area contributed by atoms with Gasteiger partial charge in [-0.25, -0.2) is 4.98 Å². The Morgan fingerprint density at radius 2 is 2.03 bits per heavy atom. The summed E-state index contributed by atoms with van der Waals surface area (Å²) in [5.74, 6) is -0.569. The molecule has 0 aliphatic carbocycles. The molecule has 3 aromatic rings. The van der Waals surface area contributed by atoms with Crippen molar-refractivity contribution < 1.29 is 27.4 Å². The van der Waals surface area contributed by atoms with Gasteiger partial charge in [-0.05, 0) is 53.7 Å². The third-order valence-corrected chi connectivity index (χ3v) is 5.89. The van der Waals surface area contributed by atoms with Gasteiger partial charge in [-0.3, -0.25) is 9.79 Å². The molecule has 0 radical (unpaired) electrons. The Hall–Kier alpha value is -4.24. The topological polar surface area (TPSA) is 102 Å². The minimum atomic E-state index is -4.72. The van der Waals surface area contributed by atoms with E-state index in [4.69, 9.17) is 14.7 Å². The molecule has 2 aromatic carbocycles. The first-order valence-corrected chi connectivity index (χ1v) is 11.3. The molecule has 36 heavy (non-hydrogen) atoms. The molecule has 2 heterocycles. The highest BCUT2D eigenvalue weighted by molar-refractivity contribution is 8.18. The van der Waals surface area contributed by atoms with Crippen LogP contribution in [0.5, 0.6) is 17.2 Å². The molecule has 1 N–H and O–H groups in total. The third kappa shape index (κ3) is 5.87. The number of nitriles is 1. The van der Waals surface area contributed by atoms with E-state index < -0.39 is 17.5 Å². The predicted molar refractivity (Wildman–Crippen MR) is 127 cm³/mol. The van der Waals surface area contributed by atoms with E-state index in [0.29, 0.717) is 28.7 Å². The zero-order valence-corrected chi connectivity index (χ0v) is 19.6. The van der Waals surface area contributed by atoms with Gasteiger partial charge in [-0.2, -0.15) is 18.4 Å². The van der Waals surface area contributed by atoms with Crippen molar-refractivity contribution in [3.63, 3.8) is 0 Å². The second-order valence-electron chi connectivity index (χ2n) is 7.39. The van der Waals surface area contributed by atoms with Crippen molar-refractivity contribution in [3.8, 4) is 23.3 Å². The molecule has 1 amide bonds. The number of aromatic nitrogens is 2. The Morgan fingerprint density at radius 3 is 2.72 bits per heavy atom. The first-order chi connectivity index (χ1) is 17.3. The maximum Gasteiger partial charge on any atom is 0.420 e. The van der Waals surface area contributed by atoms with Crippen LogP contribution in [0.3, 0.4) is 0 Å². The molecule has 1 saturated heterocycles. The number of amidine groups is 1. The van der Waals surface area contributed by atoms with Gasteiger partial charge in [0.05, 0.1) is 42.1 Å². The maximum atomic E-state index is 13.5. The molecule has 0 unspecified atom stereocenters. The smallest absolute Gasteiger partial charge is 0.420 e. The normalized spacial score (nSPS) is 15.7. The van der Waals surface area contributed by atoms with Crippen LogP contribution in [-0.4, -0.2) is 34.3 Å². The van der Waals surface area contributed by atoms with E-state index in [0.717, 1.165) is 12.1 Å². The zero-order chi connectivity index (χ0) is 25.7. The fraction of sp³-hybridized carbons (Fsp3) is 0.167. The van der Waals surface area contributed by atoms with Crippen molar-refractivity contribution >= 4 is 28.9 Å². The van der Waals surface area contributed by atoms with Crippen LogP contribution >= 0.6 is 11.8 Å². The zero-order valence-electron chi connectivity index (χ0n) is 18.7. The molecule has 0 bridgehead atoms. The van der Waals surface area contributed by atoms with Crippen LogP contribution < -0.4 is 14.8 Å². The van der Waals surface area contributed by atoms with Gasteiger partial charge < -0.3 is 19.4 Å². The summed E-state index contributed by atoms with van der Waals surface area (Å²) in [6, 6.07) is 9.31. The first-order valence-electron chi connectivity index (χ1n) is 10.4. The van der Waals surface area contributed by atoms with Gasteiger partial charge in [-0.15, -0.1) is 0 Å². The average molecular weight is 514 g/mol. The molecule has 184 valence electrons. The maximum absolute atomic E-state index is 13.5. The highest BCUT2D eigenvalue weighted by atomic mass is 32.2. The Morgan fingerprint density at radius 1 is 1.22 bits per heavy atom. The van der Waals surface area contributed by atoms with Crippen LogP contribution in [0.2, 0.25) is 0 Å². The van der Waals surface area contributed by atoms with Crippen molar-refractivity contribution in [3.05, 3.63) is 76.7 Å². The summed E-state index contributed by atoms with van der Waals surface area (Å²) in [6.45, 7) is 1.08. The first kappa shape index (κ1) is 24.9. The number of halogens is 3. The minimum absolute atomic E-state index is 0.0418. The number of imidazole rings is 1. The number of hydrogen-bond donors (Lipinski definition) is 1. The van der Waals surface area contributed by atoms with Crippen LogP contribution in [0.15, 0.2) is 65.0 Å². The third-order valence-electron chi connectivity index (χ3n) is 4.94. The number of nitrogens with one attached hydrogen (secondary N) is 1. The number of aliphatic imine (C=N–C) groups is 1. The fourth-order valence-corrected chi connectivity index (χ4v) is 4.07. The number of hydrogen-bond acceptors (Lipinski definition) is 7. The quantitative estimate of drug-likeness (QED) is 0.454. The summed E-state index contributed by atoms with van der Waals surface area (Å²) in [4.78, 5) is 21.1. The standard InChI is InChI=1S/C24H18F3N5O3S/c1-34-20-11-15(12-21-22(33)31-23(36-21)30-7-9-32-8-6-29-14-32)2-5-19(20)35-18-4-3-16(13-28)10-17(18)24(25,26)27/h2-6,8,10-12,14H,7,9H2,1H3,(H,30,31,33)/b21-12-.